The first-order valence-corrected chi connectivity index (χ1v) is 18.7. The van der Waals surface area contributed by atoms with Crippen molar-refractivity contribution in [2.24, 2.45) is 11.8 Å². The summed E-state index contributed by atoms with van der Waals surface area (Å²) in [5.74, 6) is 1.85. The van der Waals surface area contributed by atoms with Gasteiger partial charge in [-0.1, -0.05) is 27.7 Å². The van der Waals surface area contributed by atoms with Gasteiger partial charge in [0.25, 0.3) is 11.8 Å². The molecule has 0 spiro atoms. The molecule has 0 radical (unpaired) electrons. The number of ether oxygens (including phenoxy) is 4. The number of imidazole rings is 2. The number of nitrogens with one attached hydrogen (secondary N) is 4. The third-order valence-electron chi connectivity index (χ3n) is 10.3. The maximum atomic E-state index is 13.6. The summed E-state index contributed by atoms with van der Waals surface area (Å²) in [6, 6.07) is 3.42. The second kappa shape index (κ2) is 15.9. The van der Waals surface area contributed by atoms with E-state index in [-0.39, 0.29) is 47.5 Å². The second-order valence-corrected chi connectivity index (χ2v) is 14.7. The molecule has 4 N–H and O–H groups in total. The number of alkyl carbamates (subject to hydrolysis) is 2. The lowest BCUT2D eigenvalue weighted by atomic mass is 10.0. The highest BCUT2D eigenvalue weighted by Crippen LogP contribution is 2.45. The number of rotatable bonds is 10. The predicted molar refractivity (Wildman–Crippen MR) is 199 cm³/mol. The van der Waals surface area contributed by atoms with E-state index in [4.69, 9.17) is 18.9 Å². The average molecular weight is 771 g/mol. The Labute approximate surface area is 323 Å². The number of amides is 4. The summed E-state index contributed by atoms with van der Waals surface area (Å²) >= 11 is 0. The molecule has 4 amide bonds. The van der Waals surface area contributed by atoms with E-state index in [1.165, 1.54) is 14.2 Å². The third kappa shape index (κ3) is 7.54. The maximum absolute atomic E-state index is 13.6. The Morgan fingerprint density at radius 2 is 1.27 bits per heavy atom. The Hall–Kier alpha value is -6.20. The van der Waals surface area contributed by atoms with Crippen molar-refractivity contribution in [1.29, 1.82) is 0 Å². The molecule has 4 atom stereocenters. The van der Waals surface area contributed by atoms with Crippen LogP contribution in [0.15, 0.2) is 36.8 Å². The minimum Gasteiger partial charge on any atom is -0.453 e. The van der Waals surface area contributed by atoms with Crippen LogP contribution in [0.3, 0.4) is 0 Å². The van der Waals surface area contributed by atoms with Gasteiger partial charge in [-0.25, -0.2) is 29.5 Å². The third-order valence-corrected chi connectivity index (χ3v) is 10.3. The fourth-order valence-electron chi connectivity index (χ4n) is 7.35. The van der Waals surface area contributed by atoms with Crippen LogP contribution in [-0.4, -0.2) is 103 Å². The van der Waals surface area contributed by atoms with Gasteiger partial charge < -0.3 is 49.3 Å². The van der Waals surface area contributed by atoms with Crippen LogP contribution in [0.1, 0.15) is 77.1 Å². The molecule has 0 unspecified atom stereocenters. The van der Waals surface area contributed by atoms with Gasteiger partial charge >= 0.3 is 12.2 Å². The SMILES string of the molecule is COC(=O)N[C@H](C(=O)N1CCC[C@H]1c1ncc(-c2ccc3c(c2)Oc2ncc(-c4cnc([C@@H]5CCCN5C(=O)[C@@H](NC(=O)OC)C(C)C)[nH]4)nc2O3)[nH]1)C(C)C. The van der Waals surface area contributed by atoms with Crippen molar-refractivity contribution in [3.05, 3.63) is 48.4 Å². The van der Waals surface area contributed by atoms with Crippen molar-refractivity contribution in [3.8, 4) is 45.9 Å². The van der Waals surface area contributed by atoms with Crippen LogP contribution in [0.25, 0.3) is 22.6 Å². The van der Waals surface area contributed by atoms with Crippen LogP contribution in [0.4, 0.5) is 9.59 Å². The molecule has 6 heterocycles. The van der Waals surface area contributed by atoms with E-state index in [9.17, 15) is 19.2 Å². The number of likely N-dealkylation sites (tertiary alicyclic amines) is 2. The van der Waals surface area contributed by atoms with Crippen LogP contribution in [0, 0.1) is 11.8 Å². The van der Waals surface area contributed by atoms with Gasteiger partial charge in [0.1, 0.15) is 29.4 Å². The van der Waals surface area contributed by atoms with Gasteiger partial charge in [0.2, 0.25) is 11.8 Å². The molecule has 0 saturated carbocycles. The van der Waals surface area contributed by atoms with Crippen molar-refractivity contribution < 1.29 is 38.1 Å². The molecule has 2 fully saturated rings. The minimum absolute atomic E-state index is 0.137. The molecule has 0 bridgehead atoms. The molecule has 18 nitrogen and oxygen atoms in total. The van der Waals surface area contributed by atoms with E-state index in [2.05, 4.69) is 40.5 Å². The zero-order valence-corrected chi connectivity index (χ0v) is 32.1. The molecule has 3 aromatic heterocycles. The largest absolute Gasteiger partial charge is 0.453 e. The number of aromatic nitrogens is 6. The van der Waals surface area contributed by atoms with Crippen molar-refractivity contribution in [3.63, 3.8) is 0 Å². The zero-order valence-electron chi connectivity index (χ0n) is 32.1. The monoisotopic (exact) mass is 770 g/mol. The summed E-state index contributed by atoms with van der Waals surface area (Å²) in [6.07, 6.45) is 6.65. The molecule has 56 heavy (non-hydrogen) atoms. The number of aromatic amines is 2. The van der Waals surface area contributed by atoms with Gasteiger partial charge in [0.15, 0.2) is 11.5 Å². The quantitative estimate of drug-likeness (QED) is 0.143. The number of H-pyrrole nitrogens is 2. The van der Waals surface area contributed by atoms with Gasteiger partial charge in [0, 0.05) is 18.7 Å². The predicted octanol–water partition coefficient (Wildman–Crippen LogP) is 5.24. The molecular weight excluding hydrogens is 724 g/mol. The molecule has 0 aliphatic carbocycles. The molecule has 1 aromatic carbocycles. The van der Waals surface area contributed by atoms with E-state index in [1.54, 1.807) is 34.5 Å². The Morgan fingerprint density at radius 3 is 1.82 bits per heavy atom. The highest BCUT2D eigenvalue weighted by molar-refractivity contribution is 5.87. The first-order valence-electron chi connectivity index (χ1n) is 18.7. The Kier molecular flexibility index (Phi) is 10.8. The number of carbonyl (C=O) groups is 4. The standard InChI is InChI=1S/C38H46N10O8/c1-19(2)29(45-37(51)53-5)35(49)47-13-7-9-25(47)31-39-16-22(42-31)21-11-12-27-28(15-21)56-33-34(55-27)44-24(18-41-33)23-17-40-32(43-23)26-10-8-14-48(26)36(50)30(20(3)4)46-38(52)54-6/h11-12,15-20,25-26,29-30H,7-10,13-14H2,1-6H3,(H,39,42)(H,40,43)(H,45,51)(H,46,52)/t25-,26-,29-,30-/m0/s1. The molecule has 296 valence electrons. The van der Waals surface area contributed by atoms with Crippen LogP contribution in [0.5, 0.6) is 23.3 Å². The molecule has 18 heteroatoms. The molecule has 3 aliphatic rings. The lowest BCUT2D eigenvalue weighted by Crippen LogP contribution is -2.51. The van der Waals surface area contributed by atoms with Gasteiger partial charge in [-0.3, -0.25) is 9.59 Å². The van der Waals surface area contributed by atoms with Gasteiger partial charge in [-0.15, -0.1) is 0 Å². The van der Waals surface area contributed by atoms with Crippen LogP contribution < -0.4 is 20.1 Å². The van der Waals surface area contributed by atoms with Crippen LogP contribution in [0.2, 0.25) is 0 Å². The Morgan fingerprint density at radius 1 is 0.732 bits per heavy atom. The second-order valence-electron chi connectivity index (χ2n) is 14.7. The summed E-state index contributed by atoms with van der Waals surface area (Å²) in [7, 11) is 2.54. The average Bonchev–Trinajstić information content (AvgIpc) is 4.03. The van der Waals surface area contributed by atoms with E-state index >= 15 is 0 Å². The number of fused-ring (bicyclic) bond motifs is 2. The molecule has 3 aliphatic heterocycles. The maximum Gasteiger partial charge on any atom is 0.407 e. The van der Waals surface area contributed by atoms with Gasteiger partial charge in [-0.2, -0.15) is 0 Å². The molecule has 2 saturated heterocycles. The Balaban J connectivity index is 1.03. The number of methoxy groups -OCH3 is 2. The van der Waals surface area contributed by atoms with Crippen molar-refractivity contribution in [2.45, 2.75) is 77.5 Å². The number of carbonyl (C=O) groups excluding carboxylic acids is 4. The lowest BCUT2D eigenvalue weighted by Gasteiger charge is -2.30. The smallest absolute Gasteiger partial charge is 0.407 e. The number of benzene rings is 1. The van der Waals surface area contributed by atoms with E-state index in [1.807, 2.05) is 39.8 Å². The highest BCUT2D eigenvalue weighted by atomic mass is 16.6. The molecule has 7 rings (SSSR count). The van der Waals surface area contributed by atoms with Gasteiger partial charge in [0.05, 0.1) is 56.3 Å². The fourth-order valence-corrected chi connectivity index (χ4v) is 7.35. The van der Waals surface area contributed by atoms with Crippen molar-refractivity contribution >= 4 is 24.0 Å². The van der Waals surface area contributed by atoms with Crippen LogP contribution in [-0.2, 0) is 19.1 Å². The number of nitrogens with zero attached hydrogens (tertiary/aromatic N) is 6. The normalized spacial score (nSPS) is 18.4. The topological polar surface area (TPSA) is 219 Å². The zero-order chi connectivity index (χ0) is 39.7. The summed E-state index contributed by atoms with van der Waals surface area (Å²) in [5.41, 5.74) is 2.57. The molecule has 4 aromatic rings. The summed E-state index contributed by atoms with van der Waals surface area (Å²) in [4.78, 5) is 79.6. The summed E-state index contributed by atoms with van der Waals surface area (Å²) < 4.78 is 21.8. The summed E-state index contributed by atoms with van der Waals surface area (Å²) in [6.45, 7) is 8.59. The Bertz CT molecular complexity index is 1970. The highest BCUT2D eigenvalue weighted by Gasteiger charge is 2.39. The van der Waals surface area contributed by atoms with Crippen molar-refractivity contribution in [2.75, 3.05) is 27.3 Å². The van der Waals surface area contributed by atoms with Crippen LogP contribution >= 0.6 is 0 Å². The van der Waals surface area contributed by atoms with E-state index < -0.39 is 24.3 Å². The number of hydrogen-bond acceptors (Lipinski definition) is 12. The summed E-state index contributed by atoms with van der Waals surface area (Å²) in [5, 5.41) is 5.34. The lowest BCUT2D eigenvalue weighted by molar-refractivity contribution is -0.136. The fraction of sp³-hybridized carbons (Fsp3) is 0.474. The number of hydrogen-bond donors (Lipinski definition) is 4. The van der Waals surface area contributed by atoms with Gasteiger partial charge in [-0.05, 0) is 55.7 Å². The first kappa shape index (κ1) is 38.1. The first-order chi connectivity index (χ1) is 26.9. The van der Waals surface area contributed by atoms with Crippen molar-refractivity contribution in [1.82, 2.24) is 50.3 Å². The van der Waals surface area contributed by atoms with E-state index in [0.29, 0.717) is 54.0 Å². The minimum atomic E-state index is -0.737. The van der Waals surface area contributed by atoms with E-state index in [0.717, 1.165) is 30.5 Å². The molecular formula is C38H46N10O8.